The van der Waals surface area contributed by atoms with Gasteiger partial charge in [0.1, 0.15) is 21.6 Å². The monoisotopic (exact) mass is 721 g/mol. The molecule has 5 N–H and O–H groups in total. The second-order valence-corrected chi connectivity index (χ2v) is 12.4. The van der Waals surface area contributed by atoms with Crippen molar-refractivity contribution in [2.45, 2.75) is 27.7 Å². The van der Waals surface area contributed by atoms with Crippen LogP contribution in [0.5, 0.6) is 0 Å². The molecular formula is C25H19N23OS2. The second kappa shape index (κ2) is 12.5. The standard InChI is InChI=1S/C25H19N23OS2/c1-9-15(37-39-19-13(6-26)7-30-47(19)24-41-35-11(3)50-24)17(27)45(43-9)21-32-22(34-23(49)33-21)46-18(28)16(10(2)44-46)38-40-20-14(29-5)8-31-48(20)25-42-36-12(4)51-25/h7-8H,27-28H2,1-4H3,(H,32,33,34,49). The van der Waals surface area contributed by atoms with E-state index in [0.717, 1.165) is 9.36 Å². The van der Waals surface area contributed by atoms with Crippen molar-refractivity contribution < 1.29 is 0 Å². The van der Waals surface area contributed by atoms with Gasteiger partial charge in [0.25, 0.3) is 11.6 Å². The van der Waals surface area contributed by atoms with E-state index >= 15 is 0 Å². The van der Waals surface area contributed by atoms with Crippen LogP contribution in [0.4, 0.5) is 40.3 Å². The van der Waals surface area contributed by atoms with Crippen LogP contribution in [0, 0.1) is 45.6 Å². The molecule has 0 amide bonds. The number of H-pyrrole nitrogens is 1. The summed E-state index contributed by atoms with van der Waals surface area (Å²) in [5.41, 5.74) is 13.1. The molecule has 252 valence electrons. The number of nitrogens with two attached hydrogens (primary N) is 2. The van der Waals surface area contributed by atoms with Crippen LogP contribution in [-0.2, 0) is 0 Å². The Kier molecular flexibility index (Phi) is 7.89. The van der Waals surface area contributed by atoms with Crippen LogP contribution in [-0.4, -0.2) is 74.5 Å². The van der Waals surface area contributed by atoms with Crippen molar-refractivity contribution in [3.05, 3.63) is 61.3 Å². The Balaban J connectivity index is 1.22. The van der Waals surface area contributed by atoms with Gasteiger partial charge in [-0.1, -0.05) is 22.7 Å². The molecule has 0 atom stereocenters. The van der Waals surface area contributed by atoms with Crippen LogP contribution in [0.3, 0.4) is 0 Å². The molecule has 0 fully saturated rings. The lowest BCUT2D eigenvalue weighted by Gasteiger charge is -2.06. The predicted octanol–water partition coefficient (Wildman–Crippen LogP) is 3.26. The smallest absolute Gasteiger partial charge is 0.351 e. The maximum Gasteiger partial charge on any atom is 0.351 e. The van der Waals surface area contributed by atoms with E-state index in [-0.39, 0.29) is 57.8 Å². The largest absolute Gasteiger partial charge is 0.382 e. The molecule has 0 saturated heterocycles. The number of anilines is 2. The second-order valence-electron chi connectivity index (χ2n) is 10.1. The normalized spacial score (nSPS) is 11.6. The molecule has 0 saturated carbocycles. The molecule has 7 rings (SSSR count). The number of nitriles is 1. The maximum atomic E-state index is 12.8. The zero-order valence-electron chi connectivity index (χ0n) is 26.5. The van der Waals surface area contributed by atoms with Crippen LogP contribution >= 0.6 is 22.7 Å². The average molecular weight is 722 g/mol. The van der Waals surface area contributed by atoms with Crippen LogP contribution in [0.2, 0.25) is 0 Å². The van der Waals surface area contributed by atoms with Crippen LogP contribution in [0.1, 0.15) is 27.0 Å². The molecule has 0 aliphatic rings. The minimum atomic E-state index is -0.825. The van der Waals surface area contributed by atoms with Gasteiger partial charge in [-0.2, -0.15) is 54.4 Å². The first kappa shape index (κ1) is 32.1. The Bertz CT molecular complexity index is 2500. The lowest BCUT2D eigenvalue weighted by Crippen LogP contribution is -2.22. The summed E-state index contributed by atoms with van der Waals surface area (Å²) >= 11 is 2.50. The summed E-state index contributed by atoms with van der Waals surface area (Å²) in [5.74, 6) is -0.302. The molecular weight excluding hydrogens is 703 g/mol. The Morgan fingerprint density at radius 2 is 1.37 bits per heavy atom. The van der Waals surface area contributed by atoms with Gasteiger partial charge in [-0.3, -0.25) is 4.98 Å². The van der Waals surface area contributed by atoms with Crippen molar-refractivity contribution in [2.75, 3.05) is 11.5 Å². The average Bonchev–Trinajstić information content (AvgIpc) is 3.96. The van der Waals surface area contributed by atoms with Crippen molar-refractivity contribution in [1.29, 1.82) is 5.26 Å². The highest BCUT2D eigenvalue weighted by molar-refractivity contribution is 7.13. The van der Waals surface area contributed by atoms with Gasteiger partial charge in [-0.25, -0.2) is 9.64 Å². The fourth-order valence-corrected chi connectivity index (χ4v) is 5.73. The van der Waals surface area contributed by atoms with Gasteiger partial charge >= 0.3 is 5.69 Å². The Morgan fingerprint density at radius 3 is 1.96 bits per heavy atom. The summed E-state index contributed by atoms with van der Waals surface area (Å²) in [6.45, 7) is 14.3. The minimum absolute atomic E-state index is 0.0511. The zero-order chi connectivity index (χ0) is 36.0. The van der Waals surface area contributed by atoms with Crippen molar-refractivity contribution in [3.63, 3.8) is 0 Å². The summed E-state index contributed by atoms with van der Waals surface area (Å²) in [6, 6.07) is 2.02. The fraction of sp³-hybridized carbons (Fsp3) is 0.160. The number of azo groups is 2. The first-order chi connectivity index (χ1) is 24.6. The van der Waals surface area contributed by atoms with Gasteiger partial charge in [0.05, 0.1) is 30.4 Å². The Labute approximate surface area is 291 Å². The number of aromatic amines is 1. The molecule has 0 aliphatic heterocycles. The first-order valence-electron chi connectivity index (χ1n) is 14.1. The van der Waals surface area contributed by atoms with Gasteiger partial charge in [-0.05, 0) is 27.7 Å². The van der Waals surface area contributed by atoms with Gasteiger partial charge in [0.2, 0.25) is 16.2 Å². The van der Waals surface area contributed by atoms with Crippen molar-refractivity contribution in [2.24, 2.45) is 20.5 Å². The van der Waals surface area contributed by atoms with Gasteiger partial charge < -0.3 is 11.5 Å². The number of hydrogen-bond donors (Lipinski definition) is 3. The molecule has 0 bridgehead atoms. The van der Waals surface area contributed by atoms with E-state index in [9.17, 15) is 10.1 Å². The molecule has 7 aromatic heterocycles. The quantitative estimate of drug-likeness (QED) is 0.150. The SMILES string of the molecule is [C-]#[N+]c1cnn(-c2nnc(C)s2)c1N=Nc1c(C)nn(-c2nc(-n3nc(C)c(N=Nc4c(C#N)cnn4-c4nnc(C)s4)c3N)[nH]c(=O)n2)c1N. The molecule has 0 spiro atoms. The van der Waals surface area contributed by atoms with Gasteiger partial charge in [0.15, 0.2) is 34.6 Å². The number of aryl methyl sites for hydroxylation is 4. The molecule has 51 heavy (non-hydrogen) atoms. The van der Waals surface area contributed by atoms with Crippen molar-refractivity contribution >= 4 is 63.0 Å². The molecule has 7 aromatic rings. The molecule has 7 heterocycles. The number of aromatic nitrogens is 15. The number of nitrogen functional groups attached to an aromatic ring is 2. The van der Waals surface area contributed by atoms with E-state index in [2.05, 4.69) is 81.0 Å². The Morgan fingerprint density at radius 1 is 0.804 bits per heavy atom. The van der Waals surface area contributed by atoms with Crippen LogP contribution in [0.15, 0.2) is 37.6 Å². The predicted molar refractivity (Wildman–Crippen MR) is 178 cm³/mol. The highest BCUT2D eigenvalue weighted by atomic mass is 32.1. The number of hydrogen-bond acceptors (Lipinski definition) is 20. The summed E-state index contributed by atoms with van der Waals surface area (Å²) in [5, 5.41) is 61.9. The Hall–Kier alpha value is -7.45. The maximum absolute atomic E-state index is 12.8. The van der Waals surface area contributed by atoms with E-state index in [0.29, 0.717) is 31.7 Å². The van der Waals surface area contributed by atoms with E-state index in [4.69, 9.17) is 18.0 Å². The molecule has 0 unspecified atom stereocenters. The molecule has 26 heteroatoms. The third-order valence-electron chi connectivity index (χ3n) is 6.74. The van der Waals surface area contributed by atoms with Gasteiger partial charge in [-0.15, -0.1) is 40.9 Å². The molecule has 0 aromatic carbocycles. The number of rotatable bonds is 8. The lowest BCUT2D eigenvalue weighted by atomic mass is 10.4. The summed E-state index contributed by atoms with van der Waals surface area (Å²) in [4.78, 5) is 27.0. The van der Waals surface area contributed by atoms with E-state index in [1.165, 1.54) is 44.4 Å². The minimum Gasteiger partial charge on any atom is -0.382 e. The third-order valence-corrected chi connectivity index (χ3v) is 8.36. The summed E-state index contributed by atoms with van der Waals surface area (Å²) < 4.78 is 4.89. The highest BCUT2D eigenvalue weighted by Gasteiger charge is 2.22. The summed E-state index contributed by atoms with van der Waals surface area (Å²) in [6.07, 6.45) is 2.66. The fourth-order valence-electron chi connectivity index (χ4n) is 4.43. The third kappa shape index (κ3) is 5.72. The number of nitrogens with zero attached hydrogens (tertiary/aromatic N) is 20. The molecule has 24 nitrogen and oxygen atoms in total. The molecule has 0 aliphatic carbocycles. The van der Waals surface area contributed by atoms with E-state index in [1.807, 2.05) is 6.07 Å². The van der Waals surface area contributed by atoms with Gasteiger partial charge in [0, 0.05) is 0 Å². The van der Waals surface area contributed by atoms with E-state index in [1.54, 1.807) is 27.7 Å². The van der Waals surface area contributed by atoms with Crippen LogP contribution in [0.25, 0.3) is 27.0 Å². The zero-order valence-corrected chi connectivity index (χ0v) is 28.1. The summed E-state index contributed by atoms with van der Waals surface area (Å²) in [7, 11) is 0. The van der Waals surface area contributed by atoms with E-state index < -0.39 is 5.69 Å². The molecule has 0 radical (unpaired) electrons. The topological polar surface area (TPSA) is 311 Å². The number of nitrogens with one attached hydrogen (secondary N) is 1. The van der Waals surface area contributed by atoms with Crippen molar-refractivity contribution in [1.82, 2.24) is 74.5 Å². The van der Waals surface area contributed by atoms with Crippen LogP contribution < -0.4 is 17.2 Å². The lowest BCUT2D eigenvalue weighted by molar-refractivity contribution is 0.732. The highest BCUT2D eigenvalue weighted by Crippen LogP contribution is 2.36. The first-order valence-corrected chi connectivity index (χ1v) is 15.8. The van der Waals surface area contributed by atoms with Crippen molar-refractivity contribution in [3.8, 4) is 28.2 Å².